The van der Waals surface area contributed by atoms with E-state index in [1.165, 1.54) is 43.9 Å². The van der Waals surface area contributed by atoms with Crippen molar-refractivity contribution in [3.63, 3.8) is 0 Å². The van der Waals surface area contributed by atoms with Crippen LogP contribution in [-0.2, 0) is 9.53 Å². The third kappa shape index (κ3) is 7.35. The Morgan fingerprint density at radius 3 is 2.57 bits per heavy atom. The fourth-order valence-corrected chi connectivity index (χ4v) is 5.58. The minimum absolute atomic E-state index is 0.0520. The Bertz CT molecular complexity index is 1560. The highest BCUT2D eigenvalue weighted by atomic mass is 35.5. The summed E-state index contributed by atoms with van der Waals surface area (Å²) in [6.07, 6.45) is -1.83. The fraction of sp³-hybridized carbons (Fsp3) is 0.433. The first-order valence-electron chi connectivity index (χ1n) is 14.6. The van der Waals surface area contributed by atoms with Crippen LogP contribution in [0.25, 0.3) is 11.4 Å². The molecule has 2 aromatic heterocycles. The zero-order chi connectivity index (χ0) is 33.0. The summed E-state index contributed by atoms with van der Waals surface area (Å²) >= 11 is 6.05. The lowest BCUT2D eigenvalue weighted by molar-refractivity contribution is -0.230. The molecule has 2 aliphatic heterocycles. The van der Waals surface area contributed by atoms with Crippen molar-refractivity contribution in [3.8, 4) is 17.1 Å². The number of halogens is 2. The van der Waals surface area contributed by atoms with Crippen LogP contribution in [0.4, 0.5) is 15.9 Å². The van der Waals surface area contributed by atoms with Crippen LogP contribution in [-0.4, -0.2) is 115 Å². The Kier molecular flexibility index (Phi) is 10.6. The van der Waals surface area contributed by atoms with E-state index in [1.54, 1.807) is 11.0 Å². The molecule has 4 heterocycles. The van der Waals surface area contributed by atoms with Gasteiger partial charge in [-0.1, -0.05) is 11.6 Å². The van der Waals surface area contributed by atoms with Gasteiger partial charge in [-0.3, -0.25) is 14.6 Å². The van der Waals surface area contributed by atoms with Crippen molar-refractivity contribution < 1.29 is 43.9 Å². The van der Waals surface area contributed by atoms with Gasteiger partial charge in [-0.25, -0.2) is 14.4 Å². The number of likely N-dealkylation sites (tertiary alicyclic amines) is 1. The van der Waals surface area contributed by atoms with Gasteiger partial charge in [0, 0.05) is 36.5 Å². The van der Waals surface area contributed by atoms with E-state index >= 15 is 0 Å². The topological polar surface area (TPSA) is 199 Å². The van der Waals surface area contributed by atoms with E-state index in [1.807, 2.05) is 0 Å². The molecule has 2 saturated heterocycles. The highest BCUT2D eigenvalue weighted by Crippen LogP contribution is 2.31. The van der Waals surface area contributed by atoms with Gasteiger partial charge >= 0.3 is 0 Å². The van der Waals surface area contributed by atoms with Crippen LogP contribution in [0.3, 0.4) is 0 Å². The van der Waals surface area contributed by atoms with Gasteiger partial charge < -0.3 is 45.4 Å². The number of nitrogens with zero attached hydrogens (tertiary/aromatic N) is 4. The summed E-state index contributed by atoms with van der Waals surface area (Å²) in [5.41, 5.74) is 0.651. The molecule has 3 aromatic rings. The van der Waals surface area contributed by atoms with E-state index in [0.717, 1.165) is 0 Å². The van der Waals surface area contributed by atoms with E-state index in [4.69, 9.17) is 21.1 Å². The Morgan fingerprint density at radius 2 is 1.85 bits per heavy atom. The summed E-state index contributed by atoms with van der Waals surface area (Å²) in [6.45, 7) is 0.0617. The van der Waals surface area contributed by atoms with Gasteiger partial charge in [0.05, 0.1) is 49.3 Å². The van der Waals surface area contributed by atoms with Crippen LogP contribution in [0, 0.1) is 5.82 Å². The summed E-state index contributed by atoms with van der Waals surface area (Å²) in [5.74, 6) is -0.838. The average Bonchev–Trinajstić information content (AvgIpc) is 3.06. The number of ether oxygens (including phenoxy) is 2. The molecule has 0 radical (unpaired) electrons. The zero-order valence-corrected chi connectivity index (χ0v) is 25.5. The number of methoxy groups -OCH3 is 1. The number of amides is 2. The van der Waals surface area contributed by atoms with E-state index < -0.39 is 48.9 Å². The number of aliphatic hydroxyl groups is 4. The lowest BCUT2D eigenvalue weighted by Gasteiger charge is -2.41. The van der Waals surface area contributed by atoms with Gasteiger partial charge in [0.25, 0.3) is 5.91 Å². The first kappa shape index (κ1) is 33.4. The second-order valence-corrected chi connectivity index (χ2v) is 11.4. The molecule has 0 bridgehead atoms. The van der Waals surface area contributed by atoms with Crippen LogP contribution in [0.5, 0.6) is 5.75 Å². The number of benzene rings is 1. The lowest BCUT2D eigenvalue weighted by atomic mass is 9.93. The molecule has 2 aliphatic rings. The van der Waals surface area contributed by atoms with Gasteiger partial charge in [0.1, 0.15) is 30.2 Å². The number of carbonyl (C=O) groups is 2. The van der Waals surface area contributed by atoms with Crippen molar-refractivity contribution in [1.82, 2.24) is 25.2 Å². The maximum atomic E-state index is 14.5. The van der Waals surface area contributed by atoms with Gasteiger partial charge in [0.2, 0.25) is 5.91 Å². The van der Waals surface area contributed by atoms with Crippen molar-refractivity contribution >= 4 is 34.9 Å². The number of piperidine rings is 1. The molecular weight excluding hydrogens is 627 g/mol. The van der Waals surface area contributed by atoms with E-state index in [2.05, 4.69) is 25.6 Å². The molecule has 2 fully saturated rings. The third-order valence-electron chi connectivity index (χ3n) is 8.01. The molecule has 0 saturated carbocycles. The monoisotopic (exact) mass is 660 g/mol. The Labute approximate surface area is 268 Å². The fourth-order valence-electron chi connectivity index (χ4n) is 5.41. The standard InChI is InChI=1S/C30H34ClFN6O8/c1-45-22-13-34-28(17-10-15(31)2-3-19(17)32)37-29(22)36-20-4-7-33-12-18(20)30(44)35-16-5-8-38(9-6-16)24(40)11-21-25(41)27(43)26(42)23(14-39)46-21/h2-4,7,10,12-13,16,21,23,25-27,39,41-43H,5-6,8-9,11,14H2,1H3,(H,35,44)(H,33,34,36,37)/t21?,23-,25+,26-,27-/m1/s1. The van der Waals surface area contributed by atoms with E-state index in [9.17, 15) is 34.4 Å². The molecule has 2 amide bonds. The number of aromatic nitrogens is 3. The smallest absolute Gasteiger partial charge is 0.255 e. The van der Waals surface area contributed by atoms with Crippen LogP contribution in [0.15, 0.2) is 42.9 Å². The number of carbonyl (C=O) groups excluding carboxylic acids is 2. The van der Waals surface area contributed by atoms with Gasteiger partial charge in [-0.2, -0.15) is 0 Å². The Balaban J connectivity index is 1.21. The summed E-state index contributed by atoms with van der Waals surface area (Å²) in [7, 11) is 1.42. The molecule has 14 nitrogen and oxygen atoms in total. The van der Waals surface area contributed by atoms with Gasteiger partial charge in [-0.05, 0) is 37.1 Å². The van der Waals surface area contributed by atoms with Crippen molar-refractivity contribution in [2.24, 2.45) is 0 Å². The molecule has 46 heavy (non-hydrogen) atoms. The molecule has 5 rings (SSSR count). The quantitative estimate of drug-likeness (QED) is 0.191. The van der Waals surface area contributed by atoms with Crippen LogP contribution in [0.2, 0.25) is 5.02 Å². The molecular formula is C30H34ClFN6O8. The predicted molar refractivity (Wildman–Crippen MR) is 162 cm³/mol. The van der Waals surface area contributed by atoms with Crippen LogP contribution >= 0.6 is 11.6 Å². The van der Waals surface area contributed by atoms with Crippen molar-refractivity contribution in [2.75, 3.05) is 32.1 Å². The summed E-state index contributed by atoms with van der Waals surface area (Å²) in [4.78, 5) is 40.6. The number of aliphatic hydroxyl groups excluding tert-OH is 4. The number of hydrogen-bond donors (Lipinski definition) is 6. The molecule has 0 aliphatic carbocycles. The highest BCUT2D eigenvalue weighted by molar-refractivity contribution is 6.30. The molecule has 1 unspecified atom stereocenters. The summed E-state index contributed by atoms with van der Waals surface area (Å²) < 4.78 is 25.4. The third-order valence-corrected chi connectivity index (χ3v) is 8.25. The maximum Gasteiger partial charge on any atom is 0.255 e. The molecule has 0 spiro atoms. The minimum Gasteiger partial charge on any atom is -0.491 e. The highest BCUT2D eigenvalue weighted by Gasteiger charge is 2.44. The molecule has 246 valence electrons. The number of anilines is 2. The van der Waals surface area contributed by atoms with Gasteiger partial charge in [-0.15, -0.1) is 0 Å². The molecule has 1 aromatic carbocycles. The number of rotatable bonds is 9. The second kappa shape index (κ2) is 14.6. The first-order valence-corrected chi connectivity index (χ1v) is 14.9. The van der Waals surface area contributed by atoms with Crippen LogP contribution < -0.4 is 15.4 Å². The molecule has 6 N–H and O–H groups in total. The molecule has 16 heteroatoms. The van der Waals surface area contributed by atoms with Gasteiger partial charge in [0.15, 0.2) is 17.4 Å². The normalized spacial score (nSPS) is 23.5. The van der Waals surface area contributed by atoms with Crippen molar-refractivity contribution in [3.05, 3.63) is 59.3 Å². The molecule has 5 atom stereocenters. The minimum atomic E-state index is -1.56. The number of hydrogen-bond acceptors (Lipinski definition) is 12. The Morgan fingerprint density at radius 1 is 1.11 bits per heavy atom. The largest absolute Gasteiger partial charge is 0.491 e. The second-order valence-electron chi connectivity index (χ2n) is 11.0. The maximum absolute atomic E-state index is 14.5. The number of pyridine rings is 1. The zero-order valence-electron chi connectivity index (χ0n) is 24.7. The van der Waals surface area contributed by atoms with Crippen molar-refractivity contribution in [1.29, 1.82) is 0 Å². The van der Waals surface area contributed by atoms with Crippen molar-refractivity contribution in [2.45, 2.75) is 55.8 Å². The number of nitrogens with one attached hydrogen (secondary N) is 2. The summed E-state index contributed by atoms with van der Waals surface area (Å²) in [6, 6.07) is 5.35. The van der Waals surface area contributed by atoms with Crippen LogP contribution in [0.1, 0.15) is 29.6 Å². The van der Waals surface area contributed by atoms with E-state index in [0.29, 0.717) is 36.6 Å². The predicted octanol–water partition coefficient (Wildman–Crippen LogP) is 1.04. The lowest BCUT2D eigenvalue weighted by Crippen LogP contribution is -2.59. The first-order chi connectivity index (χ1) is 22.1. The Hall–Kier alpha value is -3.99. The van der Waals surface area contributed by atoms with E-state index in [-0.39, 0.29) is 46.9 Å². The SMILES string of the molecule is COc1cnc(-c2cc(Cl)ccc2F)nc1Nc1ccncc1C(=O)NC1CCN(C(=O)CC2O[C@H](CO)[C@@H](O)[C@H](O)[C@H]2O)CC1. The average molecular weight is 661 g/mol. The summed E-state index contributed by atoms with van der Waals surface area (Å²) in [5, 5.41) is 46.0.